The van der Waals surface area contributed by atoms with E-state index in [1.165, 1.54) is 7.11 Å². The normalized spacial score (nSPS) is 16.0. The first-order valence-corrected chi connectivity index (χ1v) is 13.2. The van der Waals surface area contributed by atoms with E-state index in [9.17, 15) is 9.59 Å². The summed E-state index contributed by atoms with van der Waals surface area (Å²) >= 11 is 0. The van der Waals surface area contributed by atoms with Crippen LogP contribution in [0.1, 0.15) is 56.1 Å². The van der Waals surface area contributed by atoms with E-state index in [1.807, 2.05) is 61.2 Å². The van der Waals surface area contributed by atoms with Crippen LogP contribution in [0.4, 0.5) is 4.79 Å². The first-order chi connectivity index (χ1) is 18.9. The Morgan fingerprint density at radius 2 is 1.87 bits per heavy atom. The fourth-order valence-electron chi connectivity index (χ4n) is 4.91. The maximum absolute atomic E-state index is 13.5. The van der Waals surface area contributed by atoms with E-state index in [4.69, 9.17) is 9.72 Å². The topological polar surface area (TPSA) is 116 Å². The van der Waals surface area contributed by atoms with Gasteiger partial charge in [-0.3, -0.25) is 4.79 Å². The van der Waals surface area contributed by atoms with Crippen molar-refractivity contribution in [2.75, 3.05) is 13.7 Å². The standard InChI is InChI=1S/C30H32N6O3/c1-19(2)27(35-30(38)39-3)29(37)36-15-5-4-6-26(36)28-33-23-14-11-21(16-24(23)34-28)8-7-20-9-12-22(13-10-20)25-17-31-18-32-25/h9-14,16-19,26-27H,4-6,15H2,1-3H3,(H,31,32)(H,33,34)(H,35,38). The maximum atomic E-state index is 13.5. The predicted molar refractivity (Wildman–Crippen MR) is 149 cm³/mol. The van der Waals surface area contributed by atoms with E-state index in [0.29, 0.717) is 6.54 Å². The summed E-state index contributed by atoms with van der Waals surface area (Å²) < 4.78 is 4.75. The molecule has 0 radical (unpaired) electrons. The molecule has 2 aromatic carbocycles. The number of hydrogen-bond acceptors (Lipinski definition) is 5. The number of carbonyl (C=O) groups excluding carboxylic acids is 2. The SMILES string of the molecule is COC(=O)NC(C(=O)N1CCCCC1c1nc2ccc(C#Cc3ccc(-c4cnc[nH]4)cc3)cc2[nH]1)C(C)C. The van der Waals surface area contributed by atoms with E-state index in [0.717, 1.165) is 58.5 Å². The molecule has 1 saturated heterocycles. The number of benzene rings is 2. The van der Waals surface area contributed by atoms with Gasteiger partial charge in [-0.1, -0.05) is 37.8 Å². The molecule has 2 atom stereocenters. The molecular weight excluding hydrogens is 492 g/mol. The summed E-state index contributed by atoms with van der Waals surface area (Å²) in [6, 6.07) is 13.0. The number of hydrogen-bond donors (Lipinski definition) is 3. The molecule has 39 heavy (non-hydrogen) atoms. The lowest BCUT2D eigenvalue weighted by atomic mass is 9.97. The third-order valence-corrected chi connectivity index (χ3v) is 7.04. The highest BCUT2D eigenvalue weighted by Gasteiger charge is 2.36. The van der Waals surface area contributed by atoms with Crippen molar-refractivity contribution >= 4 is 23.0 Å². The molecule has 0 aliphatic carbocycles. The number of alkyl carbamates (subject to hydrolysis) is 1. The smallest absolute Gasteiger partial charge is 0.407 e. The molecule has 3 N–H and O–H groups in total. The number of imidazole rings is 2. The molecule has 1 aliphatic rings. The highest BCUT2D eigenvalue weighted by molar-refractivity contribution is 5.86. The molecule has 3 heterocycles. The predicted octanol–water partition coefficient (Wildman–Crippen LogP) is 4.79. The molecule has 200 valence electrons. The molecule has 4 aromatic rings. The van der Waals surface area contributed by atoms with Crippen molar-refractivity contribution in [2.24, 2.45) is 5.92 Å². The van der Waals surface area contributed by atoms with Gasteiger partial charge in [0.15, 0.2) is 0 Å². The molecule has 0 bridgehead atoms. The van der Waals surface area contributed by atoms with Crippen LogP contribution in [0.2, 0.25) is 0 Å². The summed E-state index contributed by atoms with van der Waals surface area (Å²) in [4.78, 5) is 42.7. The van der Waals surface area contributed by atoms with Crippen LogP contribution >= 0.6 is 0 Å². The van der Waals surface area contributed by atoms with Crippen LogP contribution in [0, 0.1) is 17.8 Å². The fourth-order valence-corrected chi connectivity index (χ4v) is 4.91. The van der Waals surface area contributed by atoms with Gasteiger partial charge in [-0.15, -0.1) is 0 Å². The molecule has 0 spiro atoms. The average molecular weight is 525 g/mol. The maximum Gasteiger partial charge on any atom is 0.407 e. The Bertz CT molecular complexity index is 1510. The Hall–Kier alpha value is -4.58. The number of aromatic nitrogens is 4. The van der Waals surface area contributed by atoms with Gasteiger partial charge >= 0.3 is 6.09 Å². The van der Waals surface area contributed by atoms with Crippen molar-refractivity contribution in [1.29, 1.82) is 0 Å². The van der Waals surface area contributed by atoms with Crippen molar-refractivity contribution in [3.8, 4) is 23.1 Å². The number of nitrogens with one attached hydrogen (secondary N) is 3. The van der Waals surface area contributed by atoms with Gasteiger partial charge in [-0.25, -0.2) is 14.8 Å². The van der Waals surface area contributed by atoms with Crippen LogP contribution < -0.4 is 5.32 Å². The lowest BCUT2D eigenvalue weighted by Gasteiger charge is -2.37. The van der Waals surface area contributed by atoms with Gasteiger partial charge in [-0.2, -0.15) is 0 Å². The van der Waals surface area contributed by atoms with Gasteiger partial charge in [0.25, 0.3) is 0 Å². The molecule has 9 nitrogen and oxygen atoms in total. The molecule has 0 saturated carbocycles. The summed E-state index contributed by atoms with van der Waals surface area (Å²) in [6.45, 7) is 4.44. The Balaban J connectivity index is 1.35. The third kappa shape index (κ3) is 5.80. The molecule has 5 rings (SSSR count). The molecule has 1 fully saturated rings. The zero-order valence-electron chi connectivity index (χ0n) is 22.3. The van der Waals surface area contributed by atoms with Gasteiger partial charge in [0.05, 0.1) is 42.4 Å². The molecule has 1 aliphatic heterocycles. The second-order valence-electron chi connectivity index (χ2n) is 10.0. The highest BCUT2D eigenvalue weighted by Crippen LogP contribution is 2.32. The molecule has 9 heteroatoms. The summed E-state index contributed by atoms with van der Waals surface area (Å²) in [6.07, 6.45) is 5.55. The van der Waals surface area contributed by atoms with Crippen LogP contribution in [-0.2, 0) is 9.53 Å². The first kappa shape index (κ1) is 26.0. The van der Waals surface area contributed by atoms with Crippen LogP contribution in [0.5, 0.6) is 0 Å². The number of amides is 2. The van der Waals surface area contributed by atoms with Gasteiger partial charge in [-0.05, 0) is 61.1 Å². The Morgan fingerprint density at radius 1 is 1.10 bits per heavy atom. The second kappa shape index (κ2) is 11.4. The quantitative estimate of drug-likeness (QED) is 0.325. The summed E-state index contributed by atoms with van der Waals surface area (Å²) in [5.74, 6) is 7.01. The number of fused-ring (bicyclic) bond motifs is 1. The minimum atomic E-state index is -0.669. The van der Waals surface area contributed by atoms with E-state index in [2.05, 4.69) is 32.1 Å². The van der Waals surface area contributed by atoms with Gasteiger partial charge in [0.2, 0.25) is 5.91 Å². The van der Waals surface area contributed by atoms with Crippen molar-refractivity contribution in [1.82, 2.24) is 30.2 Å². The minimum absolute atomic E-state index is 0.0855. The molecule has 2 aromatic heterocycles. The Labute approximate surface area is 227 Å². The second-order valence-corrected chi connectivity index (χ2v) is 10.0. The zero-order valence-corrected chi connectivity index (χ0v) is 22.3. The van der Waals surface area contributed by atoms with E-state index in [-0.39, 0.29) is 17.9 Å². The summed E-state index contributed by atoms with van der Waals surface area (Å²) in [7, 11) is 1.30. The number of H-pyrrole nitrogens is 2. The van der Waals surface area contributed by atoms with E-state index >= 15 is 0 Å². The number of carbonyl (C=O) groups is 2. The monoisotopic (exact) mass is 524 g/mol. The number of piperidine rings is 1. The number of ether oxygens (including phenoxy) is 1. The van der Waals surface area contributed by atoms with Crippen molar-refractivity contribution in [3.63, 3.8) is 0 Å². The van der Waals surface area contributed by atoms with Gasteiger partial charge in [0, 0.05) is 17.7 Å². The van der Waals surface area contributed by atoms with E-state index < -0.39 is 12.1 Å². The number of nitrogens with zero attached hydrogens (tertiary/aromatic N) is 3. The molecule has 2 amide bonds. The molecule has 2 unspecified atom stereocenters. The van der Waals surface area contributed by atoms with Gasteiger partial charge < -0.3 is 24.9 Å². The van der Waals surface area contributed by atoms with Crippen molar-refractivity contribution < 1.29 is 14.3 Å². The average Bonchev–Trinajstić information content (AvgIpc) is 3.65. The lowest BCUT2D eigenvalue weighted by Crippen LogP contribution is -2.53. The molecular formula is C30H32N6O3. The Kier molecular flexibility index (Phi) is 7.64. The van der Waals surface area contributed by atoms with Gasteiger partial charge in [0.1, 0.15) is 11.9 Å². The number of rotatable bonds is 5. The van der Waals surface area contributed by atoms with Crippen LogP contribution in [0.3, 0.4) is 0 Å². The fraction of sp³-hybridized carbons (Fsp3) is 0.333. The zero-order chi connectivity index (χ0) is 27.4. The number of aromatic amines is 2. The number of likely N-dealkylation sites (tertiary alicyclic amines) is 1. The lowest BCUT2D eigenvalue weighted by molar-refractivity contribution is -0.138. The van der Waals surface area contributed by atoms with Crippen LogP contribution in [0.15, 0.2) is 55.0 Å². The highest BCUT2D eigenvalue weighted by atomic mass is 16.5. The Morgan fingerprint density at radius 3 is 2.59 bits per heavy atom. The third-order valence-electron chi connectivity index (χ3n) is 7.04. The largest absolute Gasteiger partial charge is 0.453 e. The first-order valence-electron chi connectivity index (χ1n) is 13.2. The summed E-state index contributed by atoms with van der Waals surface area (Å²) in [5, 5.41) is 2.70. The van der Waals surface area contributed by atoms with Crippen LogP contribution in [-0.4, -0.2) is 56.5 Å². The summed E-state index contributed by atoms with van der Waals surface area (Å²) in [5.41, 5.74) is 5.51. The minimum Gasteiger partial charge on any atom is -0.453 e. The van der Waals surface area contributed by atoms with Crippen molar-refractivity contribution in [3.05, 3.63) is 71.9 Å². The number of methoxy groups -OCH3 is 1. The van der Waals surface area contributed by atoms with Crippen molar-refractivity contribution in [2.45, 2.75) is 45.2 Å². The van der Waals surface area contributed by atoms with Crippen LogP contribution in [0.25, 0.3) is 22.3 Å². The van der Waals surface area contributed by atoms with E-state index in [1.54, 1.807) is 12.5 Å².